The number of nitrogens with zero attached hydrogens (tertiary/aromatic N) is 6. The summed E-state index contributed by atoms with van der Waals surface area (Å²) in [5.74, 6) is 2.26. The van der Waals surface area contributed by atoms with E-state index in [2.05, 4.69) is 81.9 Å². The van der Waals surface area contributed by atoms with Gasteiger partial charge in [-0.05, 0) is 42.5 Å². The van der Waals surface area contributed by atoms with E-state index in [0.717, 1.165) is 60.7 Å². The van der Waals surface area contributed by atoms with Gasteiger partial charge in [0.15, 0.2) is 17.2 Å². The topological polar surface area (TPSA) is 74.6 Å². The van der Waals surface area contributed by atoms with Gasteiger partial charge in [-0.25, -0.2) is 9.97 Å². The van der Waals surface area contributed by atoms with Crippen molar-refractivity contribution in [1.82, 2.24) is 29.1 Å². The Morgan fingerprint density at radius 2 is 0.943 bits per heavy atom. The molecule has 0 bridgehead atoms. The Morgan fingerprint density at radius 1 is 0.396 bits per heavy atom. The van der Waals surface area contributed by atoms with Crippen LogP contribution in [-0.2, 0) is 0 Å². The van der Waals surface area contributed by atoms with Crippen LogP contribution in [0.25, 0.3) is 101 Å². The molecule has 0 saturated heterocycles. The van der Waals surface area contributed by atoms with Gasteiger partial charge in [-0.3, -0.25) is 4.57 Å². The van der Waals surface area contributed by atoms with E-state index < -0.39 is 0 Å². The number of hydrogen-bond donors (Lipinski definition) is 0. The Bertz CT molecular complexity index is 3050. The molecule has 0 unspecified atom stereocenters. The van der Waals surface area contributed by atoms with Crippen LogP contribution in [0, 0.1) is 0 Å². The van der Waals surface area contributed by atoms with Gasteiger partial charge in [0.05, 0.1) is 33.1 Å². The molecular formula is C46H28N6O. The van der Waals surface area contributed by atoms with E-state index in [9.17, 15) is 0 Å². The van der Waals surface area contributed by atoms with Gasteiger partial charge in [0.1, 0.15) is 5.52 Å². The second-order valence-corrected chi connectivity index (χ2v) is 13.1. The summed E-state index contributed by atoms with van der Waals surface area (Å²) in [5.41, 5.74) is 9.29. The standard InChI is InChI=1S/C46H28N6O/c1-4-15-29(16-5-1)43-48-44(30-17-6-2-7-18-30)50-46(49-43)52-38-28-27-35-42(53-45(47-35)31-19-8-3-9-20-31)40(38)34-23-14-26-39(41(34)52)51-36-24-12-10-21-32(36)33-22-11-13-25-37(33)51/h1-28H. The molecule has 11 rings (SSSR count). The summed E-state index contributed by atoms with van der Waals surface area (Å²) in [6, 6.07) is 58.0. The molecule has 0 fully saturated rings. The van der Waals surface area contributed by atoms with Crippen LogP contribution in [0.5, 0.6) is 0 Å². The van der Waals surface area contributed by atoms with E-state index in [0.29, 0.717) is 29.1 Å². The smallest absolute Gasteiger partial charge is 0.238 e. The van der Waals surface area contributed by atoms with Gasteiger partial charge in [0.2, 0.25) is 11.8 Å². The average Bonchev–Trinajstić information content (AvgIpc) is 3.92. The molecule has 0 amide bonds. The van der Waals surface area contributed by atoms with Gasteiger partial charge in [-0.1, -0.05) is 127 Å². The number of aromatic nitrogens is 6. The van der Waals surface area contributed by atoms with Gasteiger partial charge in [0, 0.05) is 32.8 Å². The number of rotatable bonds is 5. The molecule has 7 heteroatoms. The van der Waals surface area contributed by atoms with Crippen molar-refractivity contribution in [2.45, 2.75) is 0 Å². The highest BCUT2D eigenvalue weighted by Crippen LogP contribution is 2.42. The Labute approximate surface area is 303 Å². The lowest BCUT2D eigenvalue weighted by molar-refractivity contribution is 0.623. The van der Waals surface area contributed by atoms with E-state index >= 15 is 0 Å². The Morgan fingerprint density at radius 3 is 1.57 bits per heavy atom. The highest BCUT2D eigenvalue weighted by Gasteiger charge is 2.25. The van der Waals surface area contributed by atoms with Gasteiger partial charge < -0.3 is 8.98 Å². The molecule has 0 atom stereocenters. The first kappa shape index (κ1) is 29.4. The maximum absolute atomic E-state index is 6.70. The van der Waals surface area contributed by atoms with Crippen molar-refractivity contribution in [3.05, 3.63) is 170 Å². The van der Waals surface area contributed by atoms with Crippen molar-refractivity contribution in [1.29, 1.82) is 0 Å². The zero-order chi connectivity index (χ0) is 34.9. The molecule has 248 valence electrons. The molecule has 53 heavy (non-hydrogen) atoms. The highest BCUT2D eigenvalue weighted by molar-refractivity contribution is 6.21. The van der Waals surface area contributed by atoms with E-state index in [1.165, 1.54) is 10.8 Å². The van der Waals surface area contributed by atoms with Gasteiger partial charge >= 0.3 is 0 Å². The summed E-state index contributed by atoms with van der Waals surface area (Å²) >= 11 is 0. The van der Waals surface area contributed by atoms with Crippen LogP contribution in [0.2, 0.25) is 0 Å². The average molecular weight is 681 g/mol. The van der Waals surface area contributed by atoms with Gasteiger partial charge in [-0.2, -0.15) is 9.97 Å². The van der Waals surface area contributed by atoms with E-state index in [-0.39, 0.29) is 0 Å². The lowest BCUT2D eigenvalue weighted by atomic mass is 10.1. The van der Waals surface area contributed by atoms with Crippen LogP contribution >= 0.6 is 0 Å². The Hall–Kier alpha value is -7.38. The minimum absolute atomic E-state index is 0.507. The molecule has 11 aromatic rings. The summed E-state index contributed by atoms with van der Waals surface area (Å²) < 4.78 is 11.2. The summed E-state index contributed by atoms with van der Waals surface area (Å²) in [7, 11) is 0. The third-order valence-corrected chi connectivity index (χ3v) is 10.0. The molecule has 4 aromatic heterocycles. The molecule has 0 saturated carbocycles. The fraction of sp³-hybridized carbons (Fsp3) is 0. The molecule has 0 aliphatic carbocycles. The highest BCUT2D eigenvalue weighted by atomic mass is 16.3. The lowest BCUT2D eigenvalue weighted by Gasteiger charge is -2.14. The molecule has 4 heterocycles. The van der Waals surface area contributed by atoms with E-state index in [1.807, 2.05) is 97.1 Å². The third kappa shape index (κ3) is 4.54. The molecule has 0 aliphatic heterocycles. The molecule has 7 nitrogen and oxygen atoms in total. The lowest BCUT2D eigenvalue weighted by Crippen LogP contribution is -2.08. The fourth-order valence-electron chi connectivity index (χ4n) is 7.69. The van der Waals surface area contributed by atoms with E-state index in [4.69, 9.17) is 24.4 Å². The Balaban J connectivity index is 1.31. The zero-order valence-corrected chi connectivity index (χ0v) is 28.3. The molecular weight excluding hydrogens is 653 g/mol. The minimum Gasteiger partial charge on any atom is -0.435 e. The number of oxazole rings is 1. The molecule has 7 aromatic carbocycles. The first-order valence-electron chi connectivity index (χ1n) is 17.6. The first-order chi connectivity index (χ1) is 26.3. The second-order valence-electron chi connectivity index (χ2n) is 13.1. The fourth-order valence-corrected chi connectivity index (χ4v) is 7.69. The third-order valence-electron chi connectivity index (χ3n) is 10.0. The van der Waals surface area contributed by atoms with Crippen molar-refractivity contribution in [2.75, 3.05) is 0 Å². The molecule has 0 radical (unpaired) electrons. The largest absolute Gasteiger partial charge is 0.435 e. The van der Waals surface area contributed by atoms with Crippen LogP contribution in [-0.4, -0.2) is 29.1 Å². The van der Waals surface area contributed by atoms with Crippen molar-refractivity contribution in [2.24, 2.45) is 0 Å². The van der Waals surface area contributed by atoms with Gasteiger partial charge in [-0.15, -0.1) is 0 Å². The number of hydrogen-bond acceptors (Lipinski definition) is 5. The van der Waals surface area contributed by atoms with Crippen molar-refractivity contribution >= 4 is 54.7 Å². The second kappa shape index (κ2) is 11.6. The zero-order valence-electron chi connectivity index (χ0n) is 28.3. The molecule has 0 N–H and O–H groups in total. The molecule has 0 spiro atoms. The van der Waals surface area contributed by atoms with Crippen LogP contribution in [0.3, 0.4) is 0 Å². The minimum atomic E-state index is 0.507. The quantitative estimate of drug-likeness (QED) is 0.181. The molecule has 0 aliphatic rings. The summed E-state index contributed by atoms with van der Waals surface area (Å²) in [6.45, 7) is 0. The summed E-state index contributed by atoms with van der Waals surface area (Å²) in [4.78, 5) is 20.5. The maximum Gasteiger partial charge on any atom is 0.238 e. The van der Waals surface area contributed by atoms with Crippen molar-refractivity contribution in [3.63, 3.8) is 0 Å². The SMILES string of the molecule is c1ccc(-c2nc(-c3ccccc3)nc(-n3c4ccc5nc(-c6ccccc6)oc5c4c4cccc(-n5c6ccccc6c6ccccc65)c43)n2)cc1. The van der Waals surface area contributed by atoms with E-state index in [1.54, 1.807) is 0 Å². The monoisotopic (exact) mass is 680 g/mol. The van der Waals surface area contributed by atoms with Crippen molar-refractivity contribution in [3.8, 4) is 45.9 Å². The predicted octanol–water partition coefficient (Wildman–Crippen LogP) is 11.2. The Kier molecular flexibility index (Phi) is 6.42. The van der Waals surface area contributed by atoms with Crippen molar-refractivity contribution < 1.29 is 4.42 Å². The summed E-state index contributed by atoms with van der Waals surface area (Å²) in [5, 5.41) is 4.32. The number of para-hydroxylation sites is 3. The number of benzene rings is 7. The maximum atomic E-state index is 6.70. The predicted molar refractivity (Wildman–Crippen MR) is 212 cm³/mol. The van der Waals surface area contributed by atoms with Gasteiger partial charge in [0.25, 0.3) is 0 Å². The first-order valence-corrected chi connectivity index (χ1v) is 17.6. The summed E-state index contributed by atoms with van der Waals surface area (Å²) in [6.07, 6.45) is 0. The van der Waals surface area contributed by atoms with Crippen LogP contribution in [0.4, 0.5) is 0 Å². The van der Waals surface area contributed by atoms with Crippen LogP contribution in [0.15, 0.2) is 174 Å². The van der Waals surface area contributed by atoms with Crippen LogP contribution < -0.4 is 0 Å². The normalized spacial score (nSPS) is 11.8. The van der Waals surface area contributed by atoms with Crippen LogP contribution in [0.1, 0.15) is 0 Å². The number of fused-ring (bicyclic) bond motifs is 8.